The fraction of sp³-hybridized carbons (Fsp3) is 0.105. The number of esters is 1. The maximum absolute atomic E-state index is 15.1. The fourth-order valence-corrected chi connectivity index (χ4v) is 8.15. The number of carbonyl (C=O) groups excluding carboxylic acids is 2. The van der Waals surface area contributed by atoms with Gasteiger partial charge in [-0.05, 0) is 79.7 Å². The number of nitrogens with one attached hydrogen (secondary N) is 5. The Labute approximate surface area is 298 Å². The van der Waals surface area contributed by atoms with Gasteiger partial charge in [0.05, 0.1) is 35.3 Å². The number of benzene rings is 4. The van der Waals surface area contributed by atoms with Crippen molar-refractivity contribution >= 4 is 70.6 Å². The number of nitrogens with zero attached hydrogens (tertiary/aromatic N) is 1. The number of aromatic amines is 1. The molecule has 2 heterocycles. The van der Waals surface area contributed by atoms with Gasteiger partial charge in [0.1, 0.15) is 11.8 Å². The molecule has 6 rings (SSSR count). The molecule has 13 heteroatoms. The predicted molar refractivity (Wildman–Crippen MR) is 203 cm³/mol. The number of carbonyl (C=O) groups is 2. The van der Waals surface area contributed by atoms with E-state index < -0.39 is 19.7 Å². The van der Waals surface area contributed by atoms with E-state index >= 15 is 4.57 Å². The van der Waals surface area contributed by atoms with Crippen molar-refractivity contribution in [3.8, 4) is 5.75 Å². The van der Waals surface area contributed by atoms with Crippen LogP contribution < -0.4 is 20.0 Å². The SMILES string of the molecule is CNC(=O)c1ccccc1Sc1ccc(C(=N)/C=C/c2ccccn2)c(NP(=O)(NC(C)C(=O)OC)Oc2cccc3[nH]c4ccccc4c23)c1. The number of methoxy groups -OCH3 is 1. The van der Waals surface area contributed by atoms with E-state index in [0.717, 1.165) is 16.4 Å². The van der Waals surface area contributed by atoms with Gasteiger partial charge in [-0.3, -0.25) is 19.7 Å². The van der Waals surface area contributed by atoms with E-state index in [4.69, 9.17) is 14.7 Å². The van der Waals surface area contributed by atoms with Crippen LogP contribution in [-0.2, 0) is 14.1 Å². The molecule has 2 atom stereocenters. The van der Waals surface area contributed by atoms with Gasteiger partial charge < -0.3 is 25.0 Å². The Morgan fingerprint density at radius 1 is 0.941 bits per heavy atom. The van der Waals surface area contributed by atoms with Crippen LogP contribution in [-0.4, -0.2) is 47.8 Å². The number of H-pyrrole nitrogens is 1. The maximum Gasteiger partial charge on any atom is 0.418 e. The zero-order valence-electron chi connectivity index (χ0n) is 28.0. The third kappa shape index (κ3) is 8.05. The van der Waals surface area contributed by atoms with Gasteiger partial charge in [-0.25, -0.2) is 9.65 Å². The summed E-state index contributed by atoms with van der Waals surface area (Å²) in [5, 5.41) is 19.2. The molecule has 5 N–H and O–H groups in total. The summed E-state index contributed by atoms with van der Waals surface area (Å²) in [7, 11) is -1.42. The van der Waals surface area contributed by atoms with E-state index in [1.54, 1.807) is 67.9 Å². The van der Waals surface area contributed by atoms with Crippen molar-refractivity contribution < 1.29 is 23.4 Å². The Morgan fingerprint density at radius 3 is 2.49 bits per heavy atom. The van der Waals surface area contributed by atoms with Gasteiger partial charge in [0.15, 0.2) is 0 Å². The predicted octanol–water partition coefficient (Wildman–Crippen LogP) is 8.06. The lowest BCUT2D eigenvalue weighted by atomic mass is 10.1. The number of amides is 1. The number of anilines is 1. The second-order valence-corrected chi connectivity index (χ2v) is 14.2. The highest BCUT2D eigenvalue weighted by atomic mass is 32.2. The molecule has 2 unspecified atom stereocenters. The van der Waals surface area contributed by atoms with Crippen molar-refractivity contribution in [3.63, 3.8) is 0 Å². The topological polar surface area (TPSA) is 158 Å². The normalized spacial score (nSPS) is 13.1. The van der Waals surface area contributed by atoms with Crippen LogP contribution in [0.15, 0.2) is 125 Å². The number of ether oxygens (including phenoxy) is 1. The average molecular weight is 719 g/mol. The first-order valence-electron chi connectivity index (χ1n) is 15.9. The number of aromatic nitrogens is 2. The number of rotatable bonds is 13. The van der Waals surface area contributed by atoms with Crippen LogP contribution in [0.4, 0.5) is 5.69 Å². The zero-order chi connectivity index (χ0) is 36.0. The largest absolute Gasteiger partial charge is 0.468 e. The molecule has 0 aliphatic carbocycles. The summed E-state index contributed by atoms with van der Waals surface area (Å²) in [5.74, 6) is -0.575. The molecule has 0 spiro atoms. The number of hydrogen-bond acceptors (Lipinski definition) is 8. The van der Waals surface area contributed by atoms with E-state index in [-0.39, 0.29) is 17.3 Å². The number of hydrogen-bond donors (Lipinski definition) is 5. The second-order valence-electron chi connectivity index (χ2n) is 11.4. The molecule has 11 nitrogen and oxygen atoms in total. The lowest BCUT2D eigenvalue weighted by Crippen LogP contribution is -2.36. The van der Waals surface area contributed by atoms with Crippen molar-refractivity contribution in [2.75, 3.05) is 19.2 Å². The molecule has 1 amide bonds. The molecule has 0 saturated carbocycles. The summed E-state index contributed by atoms with van der Waals surface area (Å²) < 4.78 is 26.4. The van der Waals surface area contributed by atoms with E-state index in [0.29, 0.717) is 37.7 Å². The molecule has 258 valence electrons. The number of allylic oxidation sites excluding steroid dienone is 1. The first-order chi connectivity index (χ1) is 24.7. The summed E-state index contributed by atoms with van der Waals surface area (Å²) in [6.07, 6.45) is 4.97. The molecule has 4 aromatic carbocycles. The highest BCUT2D eigenvalue weighted by Crippen LogP contribution is 2.48. The Bertz CT molecular complexity index is 2330. The minimum Gasteiger partial charge on any atom is -0.468 e. The van der Waals surface area contributed by atoms with Gasteiger partial charge in [0.2, 0.25) is 0 Å². The molecule has 0 saturated heterocycles. The second kappa shape index (κ2) is 15.5. The zero-order valence-corrected chi connectivity index (χ0v) is 29.7. The Balaban J connectivity index is 1.45. The summed E-state index contributed by atoms with van der Waals surface area (Å²) in [4.78, 5) is 34.3. The van der Waals surface area contributed by atoms with E-state index in [1.807, 2.05) is 60.7 Å². The number of fused-ring (bicyclic) bond motifs is 3. The molecule has 51 heavy (non-hydrogen) atoms. The lowest BCUT2D eigenvalue weighted by Gasteiger charge is -2.26. The molecule has 2 aromatic heterocycles. The molecule has 0 aliphatic heterocycles. The van der Waals surface area contributed by atoms with Crippen LogP contribution in [0.25, 0.3) is 27.9 Å². The highest BCUT2D eigenvalue weighted by Gasteiger charge is 2.33. The first-order valence-corrected chi connectivity index (χ1v) is 18.4. The van der Waals surface area contributed by atoms with Crippen molar-refractivity contribution in [3.05, 3.63) is 132 Å². The Kier molecular flexibility index (Phi) is 10.7. The maximum atomic E-state index is 15.1. The Morgan fingerprint density at radius 2 is 1.71 bits per heavy atom. The van der Waals surface area contributed by atoms with E-state index in [1.165, 1.54) is 25.8 Å². The van der Waals surface area contributed by atoms with Crippen LogP contribution in [0, 0.1) is 5.41 Å². The number of pyridine rings is 1. The molecule has 0 bridgehead atoms. The van der Waals surface area contributed by atoms with Gasteiger partial charge in [-0.2, -0.15) is 0 Å². The van der Waals surface area contributed by atoms with Crippen LogP contribution >= 0.6 is 19.4 Å². The van der Waals surface area contributed by atoms with Gasteiger partial charge in [-0.15, -0.1) is 0 Å². The smallest absolute Gasteiger partial charge is 0.418 e. The summed E-state index contributed by atoms with van der Waals surface area (Å²) in [6.45, 7) is 1.52. The molecule has 0 aliphatic rings. The van der Waals surface area contributed by atoms with Crippen molar-refractivity contribution in [1.82, 2.24) is 20.4 Å². The van der Waals surface area contributed by atoms with Crippen molar-refractivity contribution in [2.24, 2.45) is 0 Å². The number of para-hydroxylation sites is 1. The third-order valence-electron chi connectivity index (χ3n) is 7.88. The summed E-state index contributed by atoms with van der Waals surface area (Å²) in [6, 6.07) is 30.0. The Hall–Kier alpha value is -5.68. The molecule has 6 aromatic rings. The molecule has 0 fully saturated rings. The van der Waals surface area contributed by atoms with Crippen LogP contribution in [0.5, 0.6) is 5.75 Å². The van der Waals surface area contributed by atoms with Crippen molar-refractivity contribution in [1.29, 1.82) is 5.41 Å². The van der Waals surface area contributed by atoms with E-state index in [9.17, 15) is 9.59 Å². The summed E-state index contributed by atoms with van der Waals surface area (Å²) >= 11 is 1.33. The minimum absolute atomic E-state index is 0.0942. The van der Waals surface area contributed by atoms with Crippen LogP contribution in [0.2, 0.25) is 0 Å². The molecular formula is C38H35N6O5PS. The van der Waals surface area contributed by atoms with Crippen molar-refractivity contribution in [2.45, 2.75) is 22.8 Å². The van der Waals surface area contributed by atoms with Crippen LogP contribution in [0.1, 0.15) is 28.5 Å². The van der Waals surface area contributed by atoms with Crippen LogP contribution in [0.3, 0.4) is 0 Å². The van der Waals surface area contributed by atoms with Gasteiger partial charge in [0.25, 0.3) is 5.91 Å². The summed E-state index contributed by atoms with van der Waals surface area (Å²) in [5.41, 5.74) is 3.57. The van der Waals surface area contributed by atoms with Gasteiger partial charge >= 0.3 is 13.6 Å². The third-order valence-corrected chi connectivity index (χ3v) is 10.7. The van der Waals surface area contributed by atoms with Gasteiger partial charge in [0, 0.05) is 44.9 Å². The van der Waals surface area contributed by atoms with E-state index in [2.05, 4.69) is 25.5 Å². The minimum atomic E-state index is -4.24. The monoisotopic (exact) mass is 718 g/mol. The average Bonchev–Trinajstić information content (AvgIpc) is 3.53. The molecular weight excluding hydrogens is 683 g/mol. The highest BCUT2D eigenvalue weighted by molar-refractivity contribution is 7.99. The first kappa shape index (κ1) is 35.2. The molecule has 0 radical (unpaired) electrons. The standard InChI is InChI=1S/C38H35N6O5PS/c1-24(38(46)48-3)43-50(47,49-34-16-10-15-32-36(34)28-12-4-6-14-31(28)42-32)44-33-23-26(51-35-17-7-5-13-29(35)37(45)40-2)19-20-27(33)30(39)21-18-25-11-8-9-22-41-25/h4-24,39,42H,1-3H3,(H,40,45)(H2,43,44,47)/b21-18+,39-30?. The van der Waals surface area contributed by atoms with Gasteiger partial charge in [-0.1, -0.05) is 54.2 Å². The fourth-order valence-electron chi connectivity index (χ4n) is 5.46. The quantitative estimate of drug-likeness (QED) is 0.0453. The lowest BCUT2D eigenvalue weighted by molar-refractivity contribution is -0.142.